The van der Waals surface area contributed by atoms with Crippen molar-refractivity contribution in [2.75, 3.05) is 6.54 Å². The number of hydrogen-bond donors (Lipinski definition) is 2. The topological polar surface area (TPSA) is 83.6 Å². The number of carbonyl (C=O) groups excluding carboxylic acids is 1. The second-order valence-electron chi connectivity index (χ2n) is 5.00. The molecular weight excluding hydrogens is 263 g/mol. The van der Waals surface area contributed by atoms with Gasteiger partial charge in [-0.15, -0.1) is 0 Å². The predicted octanol–water partition coefficient (Wildman–Crippen LogP) is 1.36. The van der Waals surface area contributed by atoms with Crippen molar-refractivity contribution in [3.8, 4) is 0 Å². The van der Waals surface area contributed by atoms with E-state index in [1.165, 1.54) is 12.1 Å². The average molecular weight is 280 g/mol. The maximum absolute atomic E-state index is 13.6. The fourth-order valence-corrected chi connectivity index (χ4v) is 2.57. The van der Waals surface area contributed by atoms with Crippen LogP contribution < -0.4 is 5.73 Å². The number of carbonyl (C=O) groups is 2. The van der Waals surface area contributed by atoms with Gasteiger partial charge in [-0.25, -0.2) is 9.18 Å². The largest absolute Gasteiger partial charge is 0.478 e. The number of benzene rings is 1. The predicted molar refractivity (Wildman–Crippen MR) is 70.6 cm³/mol. The van der Waals surface area contributed by atoms with Crippen molar-refractivity contribution in [3.63, 3.8) is 0 Å². The average Bonchev–Trinajstić information content (AvgIpc) is 2.38. The molecule has 1 aromatic rings. The Kier molecular flexibility index (Phi) is 4.34. The molecule has 5 nitrogen and oxygen atoms in total. The third-order valence-electron chi connectivity index (χ3n) is 3.59. The van der Waals surface area contributed by atoms with E-state index in [1.54, 1.807) is 6.07 Å². The molecule has 108 valence electrons. The maximum atomic E-state index is 13.6. The van der Waals surface area contributed by atoms with E-state index in [1.807, 2.05) is 4.90 Å². The molecule has 1 aromatic carbocycles. The summed E-state index contributed by atoms with van der Waals surface area (Å²) in [5.74, 6) is -2.42. The first-order valence-corrected chi connectivity index (χ1v) is 6.54. The molecule has 0 aliphatic carbocycles. The van der Waals surface area contributed by atoms with Gasteiger partial charge in [0, 0.05) is 6.54 Å². The molecule has 2 rings (SSSR count). The van der Waals surface area contributed by atoms with Crippen LogP contribution in [0.25, 0.3) is 0 Å². The van der Waals surface area contributed by atoms with Crippen LogP contribution in [0.4, 0.5) is 4.39 Å². The van der Waals surface area contributed by atoms with Crippen LogP contribution >= 0.6 is 0 Å². The first kappa shape index (κ1) is 14.5. The smallest absolute Gasteiger partial charge is 0.338 e. The highest BCUT2D eigenvalue weighted by molar-refractivity contribution is 5.87. The Morgan fingerprint density at radius 3 is 2.75 bits per heavy atom. The lowest BCUT2D eigenvalue weighted by Crippen LogP contribution is -2.47. The lowest BCUT2D eigenvalue weighted by atomic mass is 10.0. The summed E-state index contributed by atoms with van der Waals surface area (Å²) in [4.78, 5) is 24.1. The molecule has 1 fully saturated rings. The minimum absolute atomic E-state index is 0.328. The molecule has 0 spiro atoms. The zero-order chi connectivity index (χ0) is 14.7. The Bertz CT molecular complexity index is 533. The van der Waals surface area contributed by atoms with Crippen molar-refractivity contribution in [2.45, 2.75) is 31.8 Å². The number of likely N-dealkylation sites (tertiary alicyclic amines) is 1. The van der Waals surface area contributed by atoms with E-state index in [9.17, 15) is 14.0 Å². The molecule has 6 heteroatoms. The van der Waals surface area contributed by atoms with Gasteiger partial charge < -0.3 is 10.8 Å². The van der Waals surface area contributed by atoms with Gasteiger partial charge in [0.15, 0.2) is 0 Å². The standard InChI is InChI=1S/C14H17FN2O3/c15-11-7-9(4-5-10(11)14(19)20)8-17-6-2-1-3-12(17)13(16)18/h4-5,7,12H,1-3,6,8H2,(H2,16,18)(H,19,20). The summed E-state index contributed by atoms with van der Waals surface area (Å²) in [6.07, 6.45) is 2.64. The number of piperidine rings is 1. The number of halogens is 1. The van der Waals surface area contributed by atoms with E-state index in [4.69, 9.17) is 10.8 Å². The molecule has 1 aliphatic heterocycles. The highest BCUT2D eigenvalue weighted by Gasteiger charge is 2.27. The number of carboxylic acids is 1. The molecule has 0 saturated carbocycles. The van der Waals surface area contributed by atoms with Crippen LogP contribution in [-0.4, -0.2) is 34.5 Å². The molecule has 0 radical (unpaired) electrons. The maximum Gasteiger partial charge on any atom is 0.338 e. The van der Waals surface area contributed by atoms with Gasteiger partial charge in [-0.3, -0.25) is 9.69 Å². The van der Waals surface area contributed by atoms with Crippen LogP contribution in [0.3, 0.4) is 0 Å². The van der Waals surface area contributed by atoms with Gasteiger partial charge in [0.2, 0.25) is 5.91 Å². The second-order valence-corrected chi connectivity index (χ2v) is 5.00. The lowest BCUT2D eigenvalue weighted by molar-refractivity contribution is -0.124. The van der Waals surface area contributed by atoms with Gasteiger partial charge in [-0.05, 0) is 37.1 Å². The van der Waals surface area contributed by atoms with Gasteiger partial charge in [0.1, 0.15) is 5.82 Å². The second kappa shape index (κ2) is 6.00. The van der Waals surface area contributed by atoms with E-state index in [-0.39, 0.29) is 17.5 Å². The first-order chi connectivity index (χ1) is 9.49. The Hall–Kier alpha value is -1.95. The van der Waals surface area contributed by atoms with E-state index < -0.39 is 11.8 Å². The SMILES string of the molecule is NC(=O)C1CCCCN1Cc1ccc(C(=O)O)c(F)c1. The molecule has 1 unspecified atom stereocenters. The third-order valence-corrected chi connectivity index (χ3v) is 3.59. The molecule has 1 atom stereocenters. The highest BCUT2D eigenvalue weighted by Crippen LogP contribution is 2.20. The zero-order valence-electron chi connectivity index (χ0n) is 11.0. The Balaban J connectivity index is 2.14. The van der Waals surface area contributed by atoms with Gasteiger partial charge in [-0.2, -0.15) is 0 Å². The summed E-state index contributed by atoms with van der Waals surface area (Å²) in [6.45, 7) is 1.13. The van der Waals surface area contributed by atoms with Gasteiger partial charge in [-0.1, -0.05) is 12.5 Å². The Labute approximate surface area is 116 Å². The van der Waals surface area contributed by atoms with Gasteiger partial charge in [0.25, 0.3) is 0 Å². The molecule has 20 heavy (non-hydrogen) atoms. The van der Waals surface area contributed by atoms with Crippen molar-refractivity contribution in [1.29, 1.82) is 0 Å². The van der Waals surface area contributed by atoms with Crippen molar-refractivity contribution in [3.05, 3.63) is 35.1 Å². The van der Waals surface area contributed by atoms with Crippen LogP contribution in [0.5, 0.6) is 0 Å². The van der Waals surface area contributed by atoms with Crippen molar-refractivity contribution >= 4 is 11.9 Å². The van der Waals surface area contributed by atoms with Crippen molar-refractivity contribution in [1.82, 2.24) is 4.90 Å². The van der Waals surface area contributed by atoms with Gasteiger partial charge in [0.05, 0.1) is 11.6 Å². The minimum Gasteiger partial charge on any atom is -0.478 e. The molecular formula is C14H17FN2O3. The van der Waals surface area contributed by atoms with E-state index in [2.05, 4.69) is 0 Å². The minimum atomic E-state index is -1.29. The third kappa shape index (κ3) is 3.14. The number of carboxylic acid groups (broad SMARTS) is 1. The number of aromatic carboxylic acids is 1. The lowest BCUT2D eigenvalue weighted by Gasteiger charge is -2.33. The first-order valence-electron chi connectivity index (χ1n) is 6.54. The number of rotatable bonds is 4. The summed E-state index contributed by atoms with van der Waals surface area (Å²) in [6, 6.07) is 3.69. The Morgan fingerprint density at radius 2 is 2.15 bits per heavy atom. The number of nitrogens with zero attached hydrogens (tertiary/aromatic N) is 1. The summed E-state index contributed by atoms with van der Waals surface area (Å²) in [5, 5.41) is 8.78. The molecule has 3 N–H and O–H groups in total. The molecule has 1 saturated heterocycles. The normalized spacial score (nSPS) is 19.8. The van der Waals surface area contributed by atoms with Crippen molar-refractivity contribution < 1.29 is 19.1 Å². The van der Waals surface area contributed by atoms with Crippen LogP contribution in [0.2, 0.25) is 0 Å². The molecule has 1 aliphatic rings. The molecule has 1 amide bonds. The zero-order valence-corrected chi connectivity index (χ0v) is 11.0. The summed E-state index contributed by atoms with van der Waals surface area (Å²) in [5.41, 5.74) is 5.66. The molecule has 0 aromatic heterocycles. The number of primary amides is 1. The van der Waals surface area contributed by atoms with Crippen molar-refractivity contribution in [2.24, 2.45) is 5.73 Å². The summed E-state index contributed by atoms with van der Waals surface area (Å²) >= 11 is 0. The van der Waals surface area contributed by atoms with Crippen LogP contribution in [-0.2, 0) is 11.3 Å². The highest BCUT2D eigenvalue weighted by atomic mass is 19.1. The number of nitrogens with two attached hydrogens (primary N) is 1. The molecule has 0 bridgehead atoms. The number of hydrogen-bond acceptors (Lipinski definition) is 3. The van der Waals surface area contributed by atoms with E-state index in [0.29, 0.717) is 18.5 Å². The quantitative estimate of drug-likeness (QED) is 0.872. The molecule has 1 heterocycles. The van der Waals surface area contributed by atoms with Crippen LogP contribution in [0, 0.1) is 5.82 Å². The summed E-state index contributed by atoms with van der Waals surface area (Å²) < 4.78 is 13.6. The van der Waals surface area contributed by atoms with E-state index in [0.717, 1.165) is 19.4 Å². The fraction of sp³-hybridized carbons (Fsp3) is 0.429. The van der Waals surface area contributed by atoms with E-state index >= 15 is 0 Å². The van der Waals surface area contributed by atoms with Crippen LogP contribution in [0.15, 0.2) is 18.2 Å². The fourth-order valence-electron chi connectivity index (χ4n) is 2.57. The van der Waals surface area contributed by atoms with Crippen LogP contribution in [0.1, 0.15) is 35.2 Å². The monoisotopic (exact) mass is 280 g/mol. The summed E-state index contributed by atoms with van der Waals surface area (Å²) in [7, 11) is 0. The number of amides is 1. The Morgan fingerprint density at radius 1 is 1.40 bits per heavy atom. The van der Waals surface area contributed by atoms with Gasteiger partial charge >= 0.3 is 5.97 Å².